The summed E-state index contributed by atoms with van der Waals surface area (Å²) in [5.74, 6) is 3.55. The highest BCUT2D eigenvalue weighted by molar-refractivity contribution is 9.10. The van der Waals surface area contributed by atoms with Gasteiger partial charge in [0.05, 0.1) is 13.2 Å². The number of fused-ring (bicyclic) bond motifs is 1. The Hall–Kier alpha value is -0.980. The molecule has 0 radical (unpaired) electrons. The van der Waals surface area contributed by atoms with Crippen molar-refractivity contribution in [1.82, 2.24) is 5.32 Å². The van der Waals surface area contributed by atoms with Crippen molar-refractivity contribution < 1.29 is 4.74 Å². The lowest BCUT2D eigenvalue weighted by atomic mass is 10.0. The van der Waals surface area contributed by atoms with Gasteiger partial charge < -0.3 is 4.74 Å². The number of nitrogens with one attached hydrogen (secondary N) is 1. The minimum Gasteiger partial charge on any atom is -0.493 e. The molecule has 1 heterocycles. The molecule has 0 saturated heterocycles. The maximum absolute atomic E-state index is 5.58. The first kappa shape index (κ1) is 10.5. The summed E-state index contributed by atoms with van der Waals surface area (Å²) in [7, 11) is 0. The number of benzene rings is 1. The molecule has 0 bridgehead atoms. The maximum atomic E-state index is 5.58. The van der Waals surface area contributed by atoms with Crippen LogP contribution >= 0.6 is 15.9 Å². The Labute approximate surface area is 98.1 Å². The van der Waals surface area contributed by atoms with E-state index in [1.807, 2.05) is 12.1 Å². The van der Waals surface area contributed by atoms with Crippen LogP contribution in [-0.2, 0) is 0 Å². The standard InChI is InChI=1S/C12H12BrNO/c1-2-6-14-11-5-7-15-12-4-3-9(13)8-10(11)12/h1,3-4,8,11,14H,5-7H2/t11-/m0/s1. The van der Waals surface area contributed by atoms with Gasteiger partial charge >= 0.3 is 0 Å². The van der Waals surface area contributed by atoms with E-state index in [2.05, 4.69) is 33.2 Å². The summed E-state index contributed by atoms with van der Waals surface area (Å²) in [6.07, 6.45) is 6.21. The number of hydrogen-bond acceptors (Lipinski definition) is 2. The summed E-state index contributed by atoms with van der Waals surface area (Å²) in [4.78, 5) is 0. The Morgan fingerprint density at radius 2 is 2.47 bits per heavy atom. The Balaban J connectivity index is 2.25. The molecule has 0 aromatic heterocycles. The van der Waals surface area contributed by atoms with Crippen molar-refractivity contribution in [3.63, 3.8) is 0 Å². The zero-order chi connectivity index (χ0) is 10.7. The molecule has 1 aliphatic rings. The zero-order valence-corrected chi connectivity index (χ0v) is 9.88. The minimum absolute atomic E-state index is 0.308. The fourth-order valence-corrected chi connectivity index (χ4v) is 2.14. The molecule has 2 nitrogen and oxygen atoms in total. The van der Waals surface area contributed by atoms with Gasteiger partial charge in [0.25, 0.3) is 0 Å². The van der Waals surface area contributed by atoms with Crippen LogP contribution in [0, 0.1) is 12.3 Å². The van der Waals surface area contributed by atoms with Crippen LogP contribution < -0.4 is 10.1 Å². The summed E-state index contributed by atoms with van der Waals surface area (Å²) < 4.78 is 6.64. The molecule has 2 rings (SSSR count). The fourth-order valence-electron chi connectivity index (χ4n) is 1.76. The summed E-state index contributed by atoms with van der Waals surface area (Å²) in [5, 5.41) is 3.32. The van der Waals surface area contributed by atoms with Crippen LogP contribution in [0.3, 0.4) is 0 Å². The zero-order valence-electron chi connectivity index (χ0n) is 8.29. The van der Waals surface area contributed by atoms with Crippen LogP contribution in [0.15, 0.2) is 22.7 Å². The summed E-state index contributed by atoms with van der Waals surface area (Å²) >= 11 is 3.46. The number of hydrogen-bond donors (Lipinski definition) is 1. The van der Waals surface area contributed by atoms with E-state index in [4.69, 9.17) is 11.2 Å². The summed E-state index contributed by atoms with van der Waals surface area (Å²) in [6, 6.07) is 6.37. The van der Waals surface area contributed by atoms with E-state index in [0.29, 0.717) is 12.6 Å². The van der Waals surface area contributed by atoms with Gasteiger partial charge in [-0.25, -0.2) is 0 Å². The van der Waals surface area contributed by atoms with Crippen molar-refractivity contribution in [3.8, 4) is 18.1 Å². The first-order valence-corrected chi connectivity index (χ1v) is 5.69. The van der Waals surface area contributed by atoms with Crippen molar-refractivity contribution >= 4 is 15.9 Å². The Morgan fingerprint density at radius 1 is 1.60 bits per heavy atom. The fraction of sp³-hybridized carbons (Fsp3) is 0.333. The van der Waals surface area contributed by atoms with Crippen LogP contribution in [0.4, 0.5) is 0 Å². The van der Waals surface area contributed by atoms with Gasteiger partial charge in [-0.3, -0.25) is 5.32 Å². The lowest BCUT2D eigenvalue weighted by Crippen LogP contribution is -2.27. The normalized spacial score (nSPS) is 18.8. The highest BCUT2D eigenvalue weighted by Gasteiger charge is 2.20. The van der Waals surface area contributed by atoms with E-state index in [0.717, 1.165) is 23.2 Å². The predicted molar refractivity (Wildman–Crippen MR) is 63.8 cm³/mol. The van der Waals surface area contributed by atoms with E-state index in [9.17, 15) is 0 Å². The van der Waals surface area contributed by atoms with Gasteiger partial charge in [0.15, 0.2) is 0 Å². The molecule has 1 aromatic rings. The van der Waals surface area contributed by atoms with Crippen LogP contribution in [-0.4, -0.2) is 13.2 Å². The van der Waals surface area contributed by atoms with Crippen LogP contribution in [0.1, 0.15) is 18.0 Å². The average Bonchev–Trinajstić information content (AvgIpc) is 2.26. The number of rotatable bonds is 2. The molecular weight excluding hydrogens is 254 g/mol. The number of ether oxygens (including phenoxy) is 1. The van der Waals surface area contributed by atoms with Gasteiger partial charge in [-0.15, -0.1) is 6.42 Å². The second-order valence-corrected chi connectivity index (χ2v) is 4.37. The molecule has 0 saturated carbocycles. The largest absolute Gasteiger partial charge is 0.493 e. The first-order chi connectivity index (χ1) is 7.31. The van der Waals surface area contributed by atoms with Crippen LogP contribution in [0.5, 0.6) is 5.75 Å². The maximum Gasteiger partial charge on any atom is 0.124 e. The van der Waals surface area contributed by atoms with E-state index in [1.165, 1.54) is 5.56 Å². The van der Waals surface area contributed by atoms with Gasteiger partial charge in [-0.1, -0.05) is 21.9 Å². The third-order valence-corrected chi connectivity index (χ3v) is 2.96. The van der Waals surface area contributed by atoms with E-state index in [-0.39, 0.29) is 0 Å². The van der Waals surface area contributed by atoms with Gasteiger partial charge in [-0.05, 0) is 18.2 Å². The Morgan fingerprint density at radius 3 is 3.27 bits per heavy atom. The second kappa shape index (κ2) is 4.69. The van der Waals surface area contributed by atoms with Gasteiger partial charge in [0.1, 0.15) is 5.75 Å². The van der Waals surface area contributed by atoms with Crippen LogP contribution in [0.2, 0.25) is 0 Å². The molecule has 3 heteroatoms. The van der Waals surface area contributed by atoms with Crippen LogP contribution in [0.25, 0.3) is 0 Å². The average molecular weight is 266 g/mol. The Bertz CT molecular complexity index is 397. The second-order valence-electron chi connectivity index (χ2n) is 3.46. The molecular formula is C12H12BrNO. The topological polar surface area (TPSA) is 21.3 Å². The molecule has 0 amide bonds. The van der Waals surface area contributed by atoms with E-state index < -0.39 is 0 Å². The minimum atomic E-state index is 0.308. The third kappa shape index (κ3) is 2.34. The molecule has 1 aromatic carbocycles. The lowest BCUT2D eigenvalue weighted by molar-refractivity contribution is 0.255. The molecule has 1 N–H and O–H groups in total. The quantitative estimate of drug-likeness (QED) is 0.830. The van der Waals surface area contributed by atoms with Gasteiger partial charge in [0, 0.05) is 22.5 Å². The van der Waals surface area contributed by atoms with Crippen molar-refractivity contribution in [1.29, 1.82) is 0 Å². The number of halogens is 1. The Kier molecular flexibility index (Phi) is 3.30. The summed E-state index contributed by atoms with van der Waals surface area (Å²) in [6.45, 7) is 1.34. The highest BCUT2D eigenvalue weighted by Crippen LogP contribution is 2.33. The van der Waals surface area contributed by atoms with E-state index in [1.54, 1.807) is 0 Å². The van der Waals surface area contributed by atoms with E-state index >= 15 is 0 Å². The number of terminal acetylenes is 1. The molecule has 0 unspecified atom stereocenters. The smallest absolute Gasteiger partial charge is 0.124 e. The van der Waals surface area contributed by atoms with Crippen molar-refractivity contribution in [2.75, 3.05) is 13.2 Å². The van der Waals surface area contributed by atoms with Gasteiger partial charge in [0.2, 0.25) is 0 Å². The third-order valence-electron chi connectivity index (χ3n) is 2.46. The molecule has 78 valence electrons. The molecule has 1 atom stereocenters. The monoisotopic (exact) mass is 265 g/mol. The van der Waals surface area contributed by atoms with Crippen molar-refractivity contribution in [2.45, 2.75) is 12.5 Å². The first-order valence-electron chi connectivity index (χ1n) is 4.90. The molecule has 1 aliphatic heterocycles. The predicted octanol–water partition coefficient (Wildman–Crippen LogP) is 2.50. The lowest BCUT2D eigenvalue weighted by Gasteiger charge is -2.26. The summed E-state index contributed by atoms with van der Waals surface area (Å²) in [5.41, 5.74) is 1.19. The molecule has 0 fully saturated rings. The molecule has 0 aliphatic carbocycles. The SMILES string of the molecule is C#CCN[C@H]1CCOc2ccc(Br)cc21. The highest BCUT2D eigenvalue weighted by atomic mass is 79.9. The molecule has 0 spiro atoms. The molecule has 15 heavy (non-hydrogen) atoms. The van der Waals surface area contributed by atoms with Crippen molar-refractivity contribution in [3.05, 3.63) is 28.2 Å². The van der Waals surface area contributed by atoms with Gasteiger partial charge in [-0.2, -0.15) is 0 Å². The van der Waals surface area contributed by atoms with Crippen molar-refractivity contribution in [2.24, 2.45) is 0 Å².